The van der Waals surface area contributed by atoms with Crippen LogP contribution in [-0.4, -0.2) is 12.6 Å². The van der Waals surface area contributed by atoms with Crippen LogP contribution in [0.4, 0.5) is 0 Å². The van der Waals surface area contributed by atoms with Gasteiger partial charge in [-0.2, -0.15) is 0 Å². The molecule has 1 nitrogen and oxygen atoms in total. The zero-order valence-electron chi connectivity index (χ0n) is 10.3. The first kappa shape index (κ1) is 14.6. The molecule has 0 unspecified atom stereocenters. The van der Waals surface area contributed by atoms with Crippen molar-refractivity contribution in [3.63, 3.8) is 0 Å². The lowest BCUT2D eigenvalue weighted by molar-refractivity contribution is 0.594. The fourth-order valence-electron chi connectivity index (χ4n) is 1.47. The van der Waals surface area contributed by atoms with Gasteiger partial charge in [-0.3, -0.25) is 0 Å². The second-order valence-corrected chi connectivity index (χ2v) is 5.15. The Kier molecular flexibility index (Phi) is 6.64. The van der Waals surface area contributed by atoms with Crippen molar-refractivity contribution in [1.82, 2.24) is 5.32 Å². The van der Waals surface area contributed by atoms with E-state index in [1.165, 1.54) is 0 Å². The lowest BCUT2D eigenvalue weighted by Gasteiger charge is -2.05. The smallest absolute Gasteiger partial charge is 0.0455 e. The van der Waals surface area contributed by atoms with Gasteiger partial charge in [0.25, 0.3) is 0 Å². The number of hydrogen-bond acceptors (Lipinski definition) is 1. The SMILES string of the molecule is CC(C)NCCC=CCc1ccc(Cl)cc1Cl. The second-order valence-electron chi connectivity index (χ2n) is 4.31. The molecule has 0 atom stereocenters. The van der Waals surface area contributed by atoms with Gasteiger partial charge in [-0.15, -0.1) is 0 Å². The van der Waals surface area contributed by atoms with Crippen LogP contribution in [0.1, 0.15) is 25.8 Å². The van der Waals surface area contributed by atoms with Crippen molar-refractivity contribution >= 4 is 23.2 Å². The van der Waals surface area contributed by atoms with E-state index in [9.17, 15) is 0 Å². The zero-order chi connectivity index (χ0) is 12.7. The molecule has 0 aliphatic carbocycles. The first-order valence-electron chi connectivity index (χ1n) is 5.92. The van der Waals surface area contributed by atoms with Crippen LogP contribution in [0.3, 0.4) is 0 Å². The lowest BCUT2D eigenvalue weighted by atomic mass is 10.1. The van der Waals surface area contributed by atoms with E-state index in [1.54, 1.807) is 6.07 Å². The van der Waals surface area contributed by atoms with E-state index in [0.717, 1.165) is 30.0 Å². The van der Waals surface area contributed by atoms with Crippen molar-refractivity contribution in [3.8, 4) is 0 Å². The van der Waals surface area contributed by atoms with Crippen molar-refractivity contribution in [1.29, 1.82) is 0 Å². The summed E-state index contributed by atoms with van der Waals surface area (Å²) in [6, 6.07) is 6.18. The third kappa shape index (κ3) is 6.11. The van der Waals surface area contributed by atoms with Crippen LogP contribution in [0.2, 0.25) is 10.0 Å². The van der Waals surface area contributed by atoms with Gasteiger partial charge in [-0.1, -0.05) is 55.3 Å². The molecule has 0 amide bonds. The van der Waals surface area contributed by atoms with Gasteiger partial charge < -0.3 is 5.32 Å². The third-order valence-electron chi connectivity index (χ3n) is 2.38. The molecule has 1 aromatic rings. The Morgan fingerprint density at radius 2 is 2.00 bits per heavy atom. The van der Waals surface area contributed by atoms with Crippen LogP contribution in [0.5, 0.6) is 0 Å². The highest BCUT2D eigenvalue weighted by Crippen LogP contribution is 2.21. The molecule has 94 valence electrons. The summed E-state index contributed by atoms with van der Waals surface area (Å²) in [4.78, 5) is 0. The highest BCUT2D eigenvalue weighted by atomic mass is 35.5. The summed E-state index contributed by atoms with van der Waals surface area (Å²) >= 11 is 11.9. The van der Waals surface area contributed by atoms with Gasteiger partial charge in [0.15, 0.2) is 0 Å². The molecule has 1 aromatic carbocycles. The van der Waals surface area contributed by atoms with E-state index in [4.69, 9.17) is 23.2 Å². The average Bonchev–Trinajstić information content (AvgIpc) is 2.25. The van der Waals surface area contributed by atoms with Crippen LogP contribution in [-0.2, 0) is 6.42 Å². The van der Waals surface area contributed by atoms with E-state index in [0.29, 0.717) is 11.1 Å². The Bertz CT molecular complexity index is 372. The summed E-state index contributed by atoms with van der Waals surface area (Å²) in [5.74, 6) is 0. The van der Waals surface area contributed by atoms with Crippen molar-refractivity contribution in [2.75, 3.05) is 6.54 Å². The van der Waals surface area contributed by atoms with Gasteiger partial charge in [0.05, 0.1) is 0 Å². The maximum Gasteiger partial charge on any atom is 0.0455 e. The minimum absolute atomic E-state index is 0.550. The molecule has 0 spiro atoms. The minimum Gasteiger partial charge on any atom is -0.314 e. The summed E-state index contributed by atoms with van der Waals surface area (Å²) in [6.45, 7) is 5.32. The summed E-state index contributed by atoms with van der Waals surface area (Å²) < 4.78 is 0. The number of hydrogen-bond donors (Lipinski definition) is 1. The van der Waals surface area contributed by atoms with Crippen molar-refractivity contribution in [2.24, 2.45) is 0 Å². The number of benzene rings is 1. The Morgan fingerprint density at radius 1 is 1.24 bits per heavy atom. The molecule has 1 rings (SSSR count). The Labute approximate surface area is 114 Å². The highest BCUT2D eigenvalue weighted by Gasteiger charge is 1.98. The van der Waals surface area contributed by atoms with Crippen LogP contribution < -0.4 is 5.32 Å². The lowest BCUT2D eigenvalue weighted by Crippen LogP contribution is -2.23. The summed E-state index contributed by atoms with van der Waals surface area (Å²) in [5, 5.41) is 4.79. The molecule has 0 aliphatic heterocycles. The molecule has 0 saturated carbocycles. The molecule has 1 N–H and O–H groups in total. The first-order chi connectivity index (χ1) is 8.09. The fraction of sp³-hybridized carbons (Fsp3) is 0.429. The molecule has 0 heterocycles. The standard InChI is InChI=1S/C14H19Cl2N/c1-11(2)17-9-5-3-4-6-12-7-8-13(15)10-14(12)16/h3-4,7-8,10-11,17H,5-6,9H2,1-2H3. The molecule has 0 aliphatic rings. The Hall–Kier alpha value is -0.500. The molecule has 3 heteroatoms. The largest absolute Gasteiger partial charge is 0.314 e. The van der Waals surface area contributed by atoms with E-state index in [2.05, 4.69) is 31.3 Å². The monoisotopic (exact) mass is 271 g/mol. The van der Waals surface area contributed by atoms with Crippen molar-refractivity contribution < 1.29 is 0 Å². The van der Waals surface area contributed by atoms with Gasteiger partial charge in [-0.25, -0.2) is 0 Å². The Morgan fingerprint density at radius 3 is 2.65 bits per heavy atom. The molecular formula is C14H19Cl2N. The molecule has 0 aromatic heterocycles. The van der Waals surface area contributed by atoms with Crippen LogP contribution in [0.15, 0.2) is 30.4 Å². The van der Waals surface area contributed by atoms with Crippen LogP contribution in [0, 0.1) is 0 Å². The molecule has 0 saturated heterocycles. The number of allylic oxidation sites excluding steroid dienone is 1. The van der Waals surface area contributed by atoms with Gasteiger partial charge in [0, 0.05) is 16.1 Å². The molecule has 0 fully saturated rings. The molecule has 17 heavy (non-hydrogen) atoms. The molecular weight excluding hydrogens is 253 g/mol. The predicted octanol–water partition coefficient (Wildman–Crippen LogP) is 4.48. The zero-order valence-corrected chi connectivity index (χ0v) is 11.9. The van der Waals surface area contributed by atoms with Crippen molar-refractivity contribution in [3.05, 3.63) is 46.0 Å². The van der Waals surface area contributed by atoms with Gasteiger partial charge in [0.2, 0.25) is 0 Å². The van der Waals surface area contributed by atoms with Crippen molar-refractivity contribution in [2.45, 2.75) is 32.7 Å². The first-order valence-corrected chi connectivity index (χ1v) is 6.67. The van der Waals surface area contributed by atoms with Crippen LogP contribution in [0.25, 0.3) is 0 Å². The summed E-state index contributed by atoms with van der Waals surface area (Å²) in [5.41, 5.74) is 1.11. The van der Waals surface area contributed by atoms with Gasteiger partial charge in [-0.05, 0) is 37.1 Å². The minimum atomic E-state index is 0.550. The third-order valence-corrected chi connectivity index (χ3v) is 2.97. The van der Waals surface area contributed by atoms with Gasteiger partial charge in [0.1, 0.15) is 0 Å². The maximum absolute atomic E-state index is 6.08. The van der Waals surface area contributed by atoms with E-state index in [1.807, 2.05) is 12.1 Å². The predicted molar refractivity (Wildman–Crippen MR) is 77.1 cm³/mol. The average molecular weight is 272 g/mol. The van der Waals surface area contributed by atoms with E-state index in [-0.39, 0.29) is 0 Å². The van der Waals surface area contributed by atoms with Gasteiger partial charge >= 0.3 is 0 Å². The molecule has 0 bridgehead atoms. The summed E-state index contributed by atoms with van der Waals surface area (Å²) in [6.07, 6.45) is 6.23. The molecule has 0 radical (unpaired) electrons. The normalized spacial score (nSPS) is 11.6. The number of nitrogens with one attached hydrogen (secondary N) is 1. The van der Waals surface area contributed by atoms with E-state index >= 15 is 0 Å². The highest BCUT2D eigenvalue weighted by molar-refractivity contribution is 6.35. The Balaban J connectivity index is 2.32. The van der Waals surface area contributed by atoms with Crippen LogP contribution >= 0.6 is 23.2 Å². The number of rotatable bonds is 6. The summed E-state index contributed by atoms with van der Waals surface area (Å²) in [7, 11) is 0. The van der Waals surface area contributed by atoms with E-state index < -0.39 is 0 Å². The quantitative estimate of drug-likeness (QED) is 0.594. The number of halogens is 2. The topological polar surface area (TPSA) is 12.0 Å². The maximum atomic E-state index is 6.08. The fourth-order valence-corrected chi connectivity index (χ4v) is 1.96. The second kappa shape index (κ2) is 7.75.